The number of hydrogen-bond acceptors (Lipinski definition) is 9. The summed E-state index contributed by atoms with van der Waals surface area (Å²) in [6, 6.07) is 0. The molecule has 7 N–H and O–H groups in total. The van der Waals surface area contributed by atoms with Gasteiger partial charge in [0, 0.05) is 31.0 Å². The fraction of sp³-hybridized carbons (Fsp3) is 0.562. The van der Waals surface area contributed by atoms with Gasteiger partial charge in [0.25, 0.3) is 5.91 Å². The summed E-state index contributed by atoms with van der Waals surface area (Å²) < 4.78 is 0. The van der Waals surface area contributed by atoms with Crippen molar-refractivity contribution in [2.45, 2.75) is 82.7 Å². The fourth-order valence-electron chi connectivity index (χ4n) is 3.29. The van der Waals surface area contributed by atoms with Gasteiger partial charge in [0.05, 0.1) is 6.61 Å². The lowest BCUT2D eigenvalue weighted by Crippen LogP contribution is -2.51. The summed E-state index contributed by atoms with van der Waals surface area (Å²) >= 11 is 0. The van der Waals surface area contributed by atoms with E-state index in [2.05, 4.69) is 84.4 Å². The second kappa shape index (κ2) is 29.9. The second-order valence-electron chi connectivity index (χ2n) is 9.41. The number of aliphatic hydroxyl groups excluding tert-OH is 5. The van der Waals surface area contributed by atoms with Crippen LogP contribution >= 0.6 is 21.6 Å². The summed E-state index contributed by atoms with van der Waals surface area (Å²) in [6.07, 6.45) is 25.3. The average molecular weight is 641 g/mol. The van der Waals surface area contributed by atoms with Crippen LogP contribution in [0.15, 0.2) is 72.9 Å². The smallest absolute Gasteiger partial charge is 0.251 e. The van der Waals surface area contributed by atoms with Crippen LogP contribution in [0.25, 0.3) is 0 Å². The molecule has 0 aliphatic heterocycles. The highest BCUT2D eigenvalue weighted by Crippen LogP contribution is 2.19. The van der Waals surface area contributed by atoms with Crippen molar-refractivity contribution in [3.05, 3.63) is 72.9 Å². The molecule has 0 unspecified atom stereocenters. The predicted molar refractivity (Wildman–Crippen MR) is 179 cm³/mol. The number of carbonyl (C=O) groups excluding carboxylic acids is 2. The van der Waals surface area contributed by atoms with E-state index in [9.17, 15) is 30.0 Å². The van der Waals surface area contributed by atoms with Gasteiger partial charge in [0.15, 0.2) is 6.10 Å². The van der Waals surface area contributed by atoms with Gasteiger partial charge in [-0.2, -0.15) is 0 Å². The number of allylic oxidation sites excluding steroid dienone is 12. The minimum absolute atomic E-state index is 0.00144. The molecule has 244 valence electrons. The number of hydrogen-bond donors (Lipinski definition) is 7. The normalized spacial score (nSPS) is 15.4. The third kappa shape index (κ3) is 25.0. The van der Waals surface area contributed by atoms with Crippen molar-refractivity contribution < 1.29 is 35.1 Å². The van der Waals surface area contributed by atoms with Gasteiger partial charge in [-0.25, -0.2) is 0 Å². The first-order valence-corrected chi connectivity index (χ1v) is 17.4. The molecular formula is C32H52N2O7S2. The number of carbonyl (C=O) groups is 2. The third-order valence-electron chi connectivity index (χ3n) is 5.73. The first kappa shape index (κ1) is 40.9. The van der Waals surface area contributed by atoms with Gasteiger partial charge >= 0.3 is 0 Å². The standard InChI is InChI=1S/C32H52N2O7S2/c1-2-3-4-5-6-7-8-9-10-11-12-13-14-15-16-17-18-19-20-21-28(37)33-22-24-42-43-25-23-34-32(41)31(40)30(39)29(38)27(36)26-35/h3-4,6-7,9-10,12-13,15-16,18-19,27,29-31,35-36,38-40H,2,5,8,11,14,17,20-26H2,1H3,(H,33,37)(H,34,41)/b4-3-,7-6-,10-9-,13-12-,16-15-,19-18-/t27-,29-,30+,31-/m1/s1. The van der Waals surface area contributed by atoms with E-state index in [1.165, 1.54) is 21.6 Å². The highest BCUT2D eigenvalue weighted by Gasteiger charge is 2.33. The molecule has 0 aliphatic carbocycles. The summed E-state index contributed by atoms with van der Waals surface area (Å²) in [7, 11) is 3.01. The summed E-state index contributed by atoms with van der Waals surface area (Å²) in [5.74, 6) is 0.328. The van der Waals surface area contributed by atoms with Gasteiger partial charge in [-0.15, -0.1) is 0 Å². The van der Waals surface area contributed by atoms with Gasteiger partial charge in [-0.3, -0.25) is 9.59 Å². The molecule has 0 rings (SSSR count). The maximum atomic E-state index is 11.9. The van der Waals surface area contributed by atoms with Crippen LogP contribution in [-0.2, 0) is 9.59 Å². The van der Waals surface area contributed by atoms with Crippen LogP contribution in [0.3, 0.4) is 0 Å². The van der Waals surface area contributed by atoms with Gasteiger partial charge in [-0.05, 0) is 44.9 Å². The van der Waals surface area contributed by atoms with Crippen LogP contribution in [-0.4, -0.2) is 93.0 Å². The molecule has 0 aromatic heterocycles. The van der Waals surface area contributed by atoms with E-state index in [0.29, 0.717) is 30.9 Å². The van der Waals surface area contributed by atoms with Crippen LogP contribution in [0.2, 0.25) is 0 Å². The maximum Gasteiger partial charge on any atom is 0.251 e. The van der Waals surface area contributed by atoms with Gasteiger partial charge < -0.3 is 36.2 Å². The Hall–Kier alpha value is -2.12. The topological polar surface area (TPSA) is 159 Å². The molecule has 4 atom stereocenters. The Kier molecular flexibility index (Phi) is 28.5. The number of rotatable bonds is 26. The minimum Gasteiger partial charge on any atom is -0.394 e. The summed E-state index contributed by atoms with van der Waals surface area (Å²) in [6.45, 7) is 2.07. The molecule has 43 heavy (non-hydrogen) atoms. The molecule has 2 amide bonds. The van der Waals surface area contributed by atoms with Crippen LogP contribution in [0.4, 0.5) is 0 Å². The van der Waals surface area contributed by atoms with E-state index < -0.39 is 36.9 Å². The molecule has 0 aromatic rings. The van der Waals surface area contributed by atoms with E-state index in [0.717, 1.165) is 38.5 Å². The van der Waals surface area contributed by atoms with Crippen LogP contribution in [0.5, 0.6) is 0 Å². The first-order chi connectivity index (χ1) is 20.8. The molecule has 0 bridgehead atoms. The van der Waals surface area contributed by atoms with E-state index in [-0.39, 0.29) is 12.5 Å². The number of aliphatic hydroxyl groups is 5. The Morgan fingerprint density at radius 3 is 1.56 bits per heavy atom. The summed E-state index contributed by atoms with van der Waals surface area (Å²) in [4.78, 5) is 23.8. The highest BCUT2D eigenvalue weighted by molar-refractivity contribution is 8.76. The van der Waals surface area contributed by atoms with Crippen LogP contribution < -0.4 is 10.6 Å². The molecule has 0 radical (unpaired) electrons. The monoisotopic (exact) mass is 640 g/mol. The summed E-state index contributed by atoms with van der Waals surface area (Å²) in [5, 5.41) is 52.3. The van der Waals surface area contributed by atoms with Crippen molar-refractivity contribution in [3.63, 3.8) is 0 Å². The molecule has 0 heterocycles. The Bertz CT molecular complexity index is 891. The molecule has 11 heteroatoms. The second-order valence-corrected chi connectivity index (χ2v) is 12.1. The van der Waals surface area contributed by atoms with Crippen LogP contribution in [0, 0.1) is 0 Å². The SMILES string of the molecule is CC/C=C\C/C=C\C/C=C\C/C=C\C/C=C\C/C=C\CCC(=O)NCCSSCCNC(=O)[C@H](O)[C@@H](O)[C@H](O)[C@H](O)CO. The van der Waals surface area contributed by atoms with E-state index >= 15 is 0 Å². The van der Waals surface area contributed by atoms with Gasteiger partial charge in [0.1, 0.15) is 18.3 Å². The predicted octanol–water partition coefficient (Wildman–Crippen LogP) is 3.51. The van der Waals surface area contributed by atoms with E-state index in [1.54, 1.807) is 0 Å². The van der Waals surface area contributed by atoms with Crippen molar-refractivity contribution in [1.82, 2.24) is 10.6 Å². The Morgan fingerprint density at radius 2 is 1.09 bits per heavy atom. The molecule has 0 saturated heterocycles. The van der Waals surface area contributed by atoms with Gasteiger partial charge in [0.2, 0.25) is 5.91 Å². The Balaban J connectivity index is 3.69. The first-order valence-electron chi connectivity index (χ1n) is 14.9. The van der Waals surface area contributed by atoms with Gasteiger partial charge in [-0.1, -0.05) is 101 Å². The number of nitrogens with one attached hydrogen (secondary N) is 2. The van der Waals surface area contributed by atoms with Crippen molar-refractivity contribution in [1.29, 1.82) is 0 Å². The minimum atomic E-state index is -1.93. The molecule has 9 nitrogen and oxygen atoms in total. The molecule has 0 aliphatic rings. The fourth-order valence-corrected chi connectivity index (χ4v) is 5.10. The van der Waals surface area contributed by atoms with E-state index in [4.69, 9.17) is 5.11 Å². The Morgan fingerprint density at radius 1 is 0.651 bits per heavy atom. The molecule has 0 spiro atoms. The highest BCUT2D eigenvalue weighted by atomic mass is 33.1. The van der Waals surface area contributed by atoms with Crippen molar-refractivity contribution >= 4 is 33.4 Å². The van der Waals surface area contributed by atoms with Crippen LogP contribution in [0.1, 0.15) is 58.3 Å². The van der Waals surface area contributed by atoms with Crippen molar-refractivity contribution in [2.24, 2.45) is 0 Å². The van der Waals surface area contributed by atoms with E-state index in [1.807, 2.05) is 6.08 Å². The molecule has 0 aromatic carbocycles. The quantitative estimate of drug-likeness (QED) is 0.0427. The zero-order valence-electron chi connectivity index (χ0n) is 25.3. The third-order valence-corrected chi connectivity index (χ3v) is 8.14. The zero-order valence-corrected chi connectivity index (χ0v) is 26.9. The lowest BCUT2D eigenvalue weighted by molar-refractivity contribution is -0.148. The lowest BCUT2D eigenvalue weighted by Gasteiger charge is -2.24. The van der Waals surface area contributed by atoms with Crippen molar-refractivity contribution in [3.8, 4) is 0 Å². The summed E-state index contributed by atoms with van der Waals surface area (Å²) in [5.41, 5.74) is 0. The number of amides is 2. The average Bonchev–Trinajstić information content (AvgIpc) is 3.01. The lowest BCUT2D eigenvalue weighted by atomic mass is 10.0. The molecule has 0 fully saturated rings. The van der Waals surface area contributed by atoms with Crippen molar-refractivity contribution in [2.75, 3.05) is 31.2 Å². The molecular weight excluding hydrogens is 588 g/mol. The maximum absolute atomic E-state index is 11.9. The molecule has 0 saturated carbocycles. The zero-order chi connectivity index (χ0) is 32.0. The Labute approximate surface area is 265 Å². The largest absolute Gasteiger partial charge is 0.394 e.